The van der Waals surface area contributed by atoms with Crippen molar-refractivity contribution in [3.05, 3.63) is 65.0 Å². The molecule has 102 valence electrons. The van der Waals surface area contributed by atoms with Crippen molar-refractivity contribution in [2.75, 3.05) is 0 Å². The molecule has 0 atom stereocenters. The van der Waals surface area contributed by atoms with E-state index in [1.54, 1.807) is 13.0 Å². The van der Waals surface area contributed by atoms with Crippen molar-refractivity contribution in [1.29, 1.82) is 5.26 Å². The van der Waals surface area contributed by atoms with E-state index in [1.807, 2.05) is 19.1 Å². The summed E-state index contributed by atoms with van der Waals surface area (Å²) in [5, 5.41) is 18.7. The van der Waals surface area contributed by atoms with Gasteiger partial charge in [0.2, 0.25) is 0 Å². The van der Waals surface area contributed by atoms with Crippen LogP contribution in [0.5, 0.6) is 0 Å². The topological polar surface area (TPSA) is 61.1 Å². The Kier molecular flexibility index (Phi) is 5.05. The zero-order chi connectivity index (χ0) is 15.3. The van der Waals surface area contributed by atoms with Crippen LogP contribution in [-0.2, 0) is 4.79 Å². The third-order valence-corrected chi connectivity index (χ3v) is 2.98. The maximum absolute atomic E-state index is 11.5. The molecule has 0 unspecified atom stereocenters. The molecule has 0 aliphatic carbocycles. The van der Waals surface area contributed by atoms with Crippen LogP contribution < -0.4 is 0 Å². The number of aliphatic hydroxyl groups is 1. The number of hydrogen-bond donors (Lipinski definition) is 1. The Balaban J connectivity index is 3.25. The van der Waals surface area contributed by atoms with Crippen molar-refractivity contribution in [2.24, 2.45) is 0 Å². The van der Waals surface area contributed by atoms with Crippen LogP contribution in [0.15, 0.2) is 48.3 Å². The number of aliphatic hydroxyl groups excluding tert-OH is 1. The lowest BCUT2D eigenvalue weighted by atomic mass is 9.98. The van der Waals surface area contributed by atoms with Crippen LogP contribution >= 0.6 is 0 Å². The molecule has 0 fully saturated rings. The molecule has 0 radical (unpaired) electrons. The highest BCUT2D eigenvalue weighted by molar-refractivity contribution is 5.99. The number of aryl methyl sites for hydroxylation is 1. The van der Waals surface area contributed by atoms with Gasteiger partial charge in [-0.2, -0.15) is 5.26 Å². The minimum Gasteiger partial charge on any atom is -0.508 e. The number of Topliss-reactive ketones (excluding diaryl/α,β-unsaturated/α-hetero) is 1. The minimum atomic E-state index is -0.241. The Bertz CT molecular complexity index is 658. The van der Waals surface area contributed by atoms with Crippen LogP contribution in [0.2, 0.25) is 0 Å². The number of rotatable bonds is 4. The van der Waals surface area contributed by atoms with Crippen LogP contribution in [0.4, 0.5) is 0 Å². The van der Waals surface area contributed by atoms with Crippen LogP contribution in [0.25, 0.3) is 5.57 Å². The first-order chi connectivity index (χ1) is 9.40. The first kappa shape index (κ1) is 15.5. The largest absolute Gasteiger partial charge is 0.508 e. The molecular formula is C17H17NO2. The summed E-state index contributed by atoms with van der Waals surface area (Å²) in [5.74, 6) is -0.319. The van der Waals surface area contributed by atoms with E-state index >= 15 is 0 Å². The van der Waals surface area contributed by atoms with Crippen LogP contribution in [0, 0.1) is 18.3 Å². The maximum Gasteiger partial charge on any atom is 0.163 e. The Hall–Kier alpha value is -2.60. The molecule has 0 amide bonds. The van der Waals surface area contributed by atoms with E-state index in [4.69, 9.17) is 5.26 Å². The normalized spacial score (nSPS) is 11.9. The fraction of sp³-hybridized carbons (Fsp3) is 0.176. The highest BCUT2D eigenvalue weighted by Crippen LogP contribution is 2.21. The average molecular weight is 267 g/mol. The van der Waals surface area contributed by atoms with Gasteiger partial charge in [-0.1, -0.05) is 18.7 Å². The van der Waals surface area contributed by atoms with E-state index in [-0.39, 0.29) is 17.1 Å². The number of hydrogen-bond acceptors (Lipinski definition) is 3. The van der Waals surface area contributed by atoms with Crippen LogP contribution in [-0.4, -0.2) is 10.9 Å². The van der Waals surface area contributed by atoms with E-state index in [0.717, 1.165) is 11.1 Å². The van der Waals surface area contributed by atoms with Gasteiger partial charge in [0.05, 0.1) is 17.2 Å². The van der Waals surface area contributed by atoms with Gasteiger partial charge in [0.15, 0.2) is 5.78 Å². The van der Waals surface area contributed by atoms with Gasteiger partial charge >= 0.3 is 0 Å². The molecule has 1 aromatic rings. The first-order valence-electron chi connectivity index (χ1n) is 6.19. The molecule has 0 heterocycles. The summed E-state index contributed by atoms with van der Waals surface area (Å²) in [6.07, 6.45) is 2.99. The number of allylic oxidation sites excluding steroid dienone is 4. The third kappa shape index (κ3) is 3.46. The molecule has 20 heavy (non-hydrogen) atoms. The van der Waals surface area contributed by atoms with Crippen molar-refractivity contribution < 1.29 is 9.90 Å². The van der Waals surface area contributed by atoms with Crippen molar-refractivity contribution in [1.82, 2.24) is 0 Å². The second-order valence-corrected chi connectivity index (χ2v) is 4.45. The summed E-state index contributed by atoms with van der Waals surface area (Å²) in [6, 6.07) is 7.49. The molecule has 0 saturated carbocycles. The summed E-state index contributed by atoms with van der Waals surface area (Å²) in [7, 11) is 0. The predicted molar refractivity (Wildman–Crippen MR) is 80.1 cm³/mol. The Labute approximate surface area is 119 Å². The molecular weight excluding hydrogens is 250 g/mol. The van der Waals surface area contributed by atoms with Gasteiger partial charge < -0.3 is 5.11 Å². The van der Waals surface area contributed by atoms with E-state index in [9.17, 15) is 9.90 Å². The summed E-state index contributed by atoms with van der Waals surface area (Å²) < 4.78 is 0. The number of carbonyl (C=O) groups excluding carboxylic acids is 1. The minimum absolute atomic E-state index is 0.0775. The van der Waals surface area contributed by atoms with E-state index in [2.05, 4.69) is 12.6 Å². The first-order valence-corrected chi connectivity index (χ1v) is 6.19. The highest BCUT2D eigenvalue weighted by atomic mass is 16.3. The number of benzene rings is 1. The Morgan fingerprint density at radius 3 is 2.60 bits per heavy atom. The summed E-state index contributed by atoms with van der Waals surface area (Å²) >= 11 is 0. The number of carbonyl (C=O) groups is 1. The lowest BCUT2D eigenvalue weighted by molar-refractivity contribution is -0.113. The van der Waals surface area contributed by atoms with Gasteiger partial charge in [0.1, 0.15) is 5.76 Å². The SMILES string of the molecule is C=C(/C=C(C(C)=O)\C(O)=C/C)c1ccc(C)c(C#N)c1. The quantitative estimate of drug-likeness (QED) is 0.512. The van der Waals surface area contributed by atoms with Crippen molar-refractivity contribution in [2.45, 2.75) is 20.8 Å². The predicted octanol–water partition coefficient (Wildman–Crippen LogP) is 3.86. The molecule has 3 nitrogen and oxygen atoms in total. The van der Waals surface area contributed by atoms with Gasteiger partial charge in [-0.3, -0.25) is 4.79 Å². The van der Waals surface area contributed by atoms with Gasteiger partial charge in [0, 0.05) is 0 Å². The van der Waals surface area contributed by atoms with E-state index in [0.29, 0.717) is 11.1 Å². The van der Waals surface area contributed by atoms with Crippen LogP contribution in [0.3, 0.4) is 0 Å². The summed E-state index contributed by atoms with van der Waals surface area (Å²) in [5.41, 5.74) is 2.97. The zero-order valence-electron chi connectivity index (χ0n) is 11.9. The fourth-order valence-electron chi connectivity index (χ4n) is 1.71. The summed E-state index contributed by atoms with van der Waals surface area (Å²) in [4.78, 5) is 11.5. The van der Waals surface area contributed by atoms with Gasteiger partial charge in [-0.05, 0) is 55.7 Å². The standard InChI is InChI=1S/C17H17NO2/c1-5-17(20)16(13(4)19)8-12(3)14-7-6-11(2)15(9-14)10-18/h5-9,20H,3H2,1-2,4H3/b16-8-,17-5+. The maximum atomic E-state index is 11.5. The van der Waals surface area contributed by atoms with E-state index < -0.39 is 0 Å². The molecule has 3 heteroatoms. The Morgan fingerprint density at radius 1 is 1.45 bits per heavy atom. The van der Waals surface area contributed by atoms with Crippen molar-refractivity contribution in [3.8, 4) is 6.07 Å². The lowest BCUT2D eigenvalue weighted by Crippen LogP contribution is -2.00. The smallest absolute Gasteiger partial charge is 0.163 e. The van der Waals surface area contributed by atoms with Gasteiger partial charge in [-0.25, -0.2) is 0 Å². The van der Waals surface area contributed by atoms with E-state index in [1.165, 1.54) is 19.1 Å². The number of nitrogens with zero attached hydrogens (tertiary/aromatic N) is 1. The lowest BCUT2D eigenvalue weighted by Gasteiger charge is -2.07. The van der Waals surface area contributed by atoms with Crippen molar-refractivity contribution >= 4 is 11.4 Å². The molecule has 0 aliphatic rings. The third-order valence-electron chi connectivity index (χ3n) is 2.98. The van der Waals surface area contributed by atoms with Gasteiger partial charge in [0.25, 0.3) is 0 Å². The van der Waals surface area contributed by atoms with Crippen molar-refractivity contribution in [3.63, 3.8) is 0 Å². The molecule has 0 spiro atoms. The second-order valence-electron chi connectivity index (χ2n) is 4.45. The summed E-state index contributed by atoms with van der Waals surface area (Å²) in [6.45, 7) is 8.78. The number of ketones is 1. The van der Waals surface area contributed by atoms with Crippen LogP contribution in [0.1, 0.15) is 30.5 Å². The second kappa shape index (κ2) is 6.53. The Morgan fingerprint density at radius 2 is 2.10 bits per heavy atom. The fourth-order valence-corrected chi connectivity index (χ4v) is 1.71. The molecule has 0 aromatic heterocycles. The van der Waals surface area contributed by atoms with Gasteiger partial charge in [-0.15, -0.1) is 0 Å². The molecule has 1 N–H and O–H groups in total. The molecule has 1 rings (SSSR count). The molecule has 0 bridgehead atoms. The molecule has 0 saturated heterocycles. The number of nitriles is 1. The zero-order valence-corrected chi connectivity index (χ0v) is 11.9. The molecule has 1 aromatic carbocycles. The molecule has 0 aliphatic heterocycles. The monoisotopic (exact) mass is 267 g/mol. The highest BCUT2D eigenvalue weighted by Gasteiger charge is 2.10. The average Bonchev–Trinajstić information content (AvgIpc) is 2.43.